The molecule has 14 heteroatoms. The summed E-state index contributed by atoms with van der Waals surface area (Å²) < 4.78 is 34.6. The smallest absolute Gasteiger partial charge is 0.256 e. The minimum atomic E-state index is -0.762. The molecule has 2 fully saturated rings. The largest absolute Gasteiger partial charge is 0.474 e. The Morgan fingerprint density at radius 2 is 1.86 bits per heavy atom. The van der Waals surface area contributed by atoms with Crippen molar-refractivity contribution in [1.29, 1.82) is 0 Å². The van der Waals surface area contributed by atoms with E-state index in [1.54, 1.807) is 9.80 Å². The van der Waals surface area contributed by atoms with E-state index in [-0.39, 0.29) is 47.3 Å². The van der Waals surface area contributed by atoms with Gasteiger partial charge in [0.2, 0.25) is 5.91 Å². The SMILES string of the molecule is CO.COC(=S)NC/C(N)=C/N(N)c1cc(F)c(N2CCN(C(=O)CN3CCC(O)C3)CC2)c(F)c1. The van der Waals surface area contributed by atoms with Crippen LogP contribution >= 0.6 is 12.2 Å². The third-order valence-corrected chi connectivity index (χ3v) is 6.09. The quantitative estimate of drug-likeness (QED) is 0.173. The van der Waals surface area contributed by atoms with E-state index in [1.807, 2.05) is 4.90 Å². The van der Waals surface area contributed by atoms with E-state index in [4.69, 9.17) is 33.6 Å². The van der Waals surface area contributed by atoms with Gasteiger partial charge in [-0.15, -0.1) is 0 Å². The Hall–Kier alpha value is -2.78. The highest BCUT2D eigenvalue weighted by Crippen LogP contribution is 2.29. The van der Waals surface area contributed by atoms with Gasteiger partial charge in [-0.05, 0) is 18.6 Å². The summed E-state index contributed by atoms with van der Waals surface area (Å²) in [7, 11) is 2.41. The highest BCUT2D eigenvalue weighted by Gasteiger charge is 2.28. The molecule has 0 aliphatic carbocycles. The van der Waals surface area contributed by atoms with Crippen molar-refractivity contribution in [3.05, 3.63) is 35.7 Å². The molecule has 1 atom stereocenters. The van der Waals surface area contributed by atoms with E-state index in [0.29, 0.717) is 45.7 Å². The standard InChI is InChI=1S/C21H31F2N7O3S.CH4O/c1-33-21(34)26-10-14(24)11-30(25)15-8-17(22)20(18(23)9-15)29-6-4-28(5-7-29)19(32)13-27-3-2-16(31)12-27;1-2/h8-9,11,16,31H,2-7,10,12-13,24-25H2,1H3,(H,26,34);2H,1H3/b14-11-;. The number of amides is 1. The van der Waals surface area contributed by atoms with Crippen LogP contribution in [0.2, 0.25) is 0 Å². The number of piperazine rings is 1. The van der Waals surface area contributed by atoms with Crippen LogP contribution in [0, 0.1) is 11.6 Å². The summed E-state index contributed by atoms with van der Waals surface area (Å²) >= 11 is 4.85. The van der Waals surface area contributed by atoms with E-state index >= 15 is 0 Å². The number of β-amino-alcohol motifs (C(OH)–C–C–N with tert-alkyl or cyclic N) is 1. The zero-order valence-corrected chi connectivity index (χ0v) is 21.3. The van der Waals surface area contributed by atoms with Gasteiger partial charge in [0, 0.05) is 70.4 Å². The Balaban J connectivity index is 0.00000222. The van der Waals surface area contributed by atoms with E-state index < -0.39 is 11.6 Å². The zero-order valence-electron chi connectivity index (χ0n) is 20.5. The molecule has 0 aromatic heterocycles. The fourth-order valence-corrected chi connectivity index (χ4v) is 4.05. The van der Waals surface area contributed by atoms with Crippen molar-refractivity contribution in [3.8, 4) is 0 Å². The third-order valence-electron chi connectivity index (χ3n) is 5.78. The number of ether oxygens (including phenoxy) is 1. The van der Waals surface area contributed by atoms with Gasteiger partial charge in [0.15, 0.2) is 11.6 Å². The molecular formula is C22H35F2N7O4S. The number of aliphatic hydroxyl groups excluding tert-OH is 2. The van der Waals surface area contributed by atoms with Gasteiger partial charge in [-0.3, -0.25) is 14.7 Å². The molecule has 1 unspecified atom stereocenters. The summed E-state index contributed by atoms with van der Waals surface area (Å²) in [4.78, 5) is 17.7. The van der Waals surface area contributed by atoms with Crippen LogP contribution in [-0.4, -0.2) is 104 Å². The number of hydrogen-bond acceptors (Lipinski definition) is 10. The van der Waals surface area contributed by atoms with Crippen molar-refractivity contribution in [2.24, 2.45) is 11.6 Å². The number of benzene rings is 1. The Labute approximate surface area is 214 Å². The molecule has 0 bridgehead atoms. The molecule has 2 aliphatic heterocycles. The topological polar surface area (TPSA) is 144 Å². The highest BCUT2D eigenvalue weighted by atomic mass is 32.1. The first-order chi connectivity index (χ1) is 17.2. The fourth-order valence-electron chi connectivity index (χ4n) is 3.98. The first kappa shape index (κ1) is 29.5. The van der Waals surface area contributed by atoms with Gasteiger partial charge in [-0.25, -0.2) is 14.6 Å². The number of nitrogens with zero attached hydrogens (tertiary/aromatic N) is 4. The number of hydrogen-bond donors (Lipinski definition) is 5. The maximum atomic E-state index is 14.9. The number of anilines is 2. The lowest BCUT2D eigenvalue weighted by molar-refractivity contribution is -0.132. The molecule has 3 rings (SSSR count). The Morgan fingerprint density at radius 1 is 1.25 bits per heavy atom. The van der Waals surface area contributed by atoms with Gasteiger partial charge < -0.3 is 35.8 Å². The summed E-state index contributed by atoms with van der Waals surface area (Å²) in [6.45, 7) is 2.87. The lowest BCUT2D eigenvalue weighted by Gasteiger charge is -2.37. The summed E-state index contributed by atoms with van der Waals surface area (Å²) in [6.07, 6.45) is 1.60. The minimum Gasteiger partial charge on any atom is -0.474 e. The average Bonchev–Trinajstić information content (AvgIpc) is 3.27. The van der Waals surface area contributed by atoms with Crippen LogP contribution in [0.4, 0.5) is 20.2 Å². The van der Waals surface area contributed by atoms with Gasteiger partial charge in [-0.1, -0.05) is 0 Å². The Kier molecular flexibility index (Phi) is 11.5. The fraction of sp³-hybridized carbons (Fsp3) is 0.545. The number of methoxy groups -OCH3 is 1. The second kappa shape index (κ2) is 14.1. The number of likely N-dealkylation sites (tertiary alicyclic amines) is 1. The third kappa shape index (κ3) is 8.13. The van der Waals surface area contributed by atoms with Gasteiger partial charge in [-0.2, -0.15) is 0 Å². The van der Waals surface area contributed by atoms with Crippen molar-refractivity contribution in [2.45, 2.75) is 12.5 Å². The number of thiocarbonyl (C=S) groups is 1. The molecule has 202 valence electrons. The number of halogens is 2. The lowest BCUT2D eigenvalue weighted by Crippen LogP contribution is -2.51. The molecule has 11 nitrogen and oxygen atoms in total. The molecule has 1 aromatic rings. The molecule has 0 radical (unpaired) electrons. The molecule has 2 aliphatic rings. The van der Waals surface area contributed by atoms with Crippen molar-refractivity contribution in [1.82, 2.24) is 15.1 Å². The predicted octanol–water partition coefficient (Wildman–Crippen LogP) is -0.710. The Morgan fingerprint density at radius 3 is 2.39 bits per heavy atom. The number of nitrogens with one attached hydrogen (secondary N) is 1. The summed E-state index contributed by atoms with van der Waals surface area (Å²) in [5.41, 5.74) is 6.05. The van der Waals surface area contributed by atoms with Crippen LogP contribution < -0.4 is 26.8 Å². The van der Waals surface area contributed by atoms with Gasteiger partial charge in [0.25, 0.3) is 5.17 Å². The summed E-state index contributed by atoms with van der Waals surface area (Å²) in [5.74, 6) is 4.33. The summed E-state index contributed by atoms with van der Waals surface area (Å²) in [6, 6.07) is 2.26. The van der Waals surface area contributed by atoms with Crippen molar-refractivity contribution >= 4 is 34.7 Å². The van der Waals surface area contributed by atoms with E-state index in [2.05, 4.69) is 5.32 Å². The number of hydrazine groups is 1. The zero-order chi connectivity index (χ0) is 26.8. The highest BCUT2D eigenvalue weighted by molar-refractivity contribution is 7.80. The maximum absolute atomic E-state index is 14.9. The molecule has 0 spiro atoms. The van der Waals surface area contributed by atoms with Crippen LogP contribution in [-0.2, 0) is 9.53 Å². The second-order valence-electron chi connectivity index (χ2n) is 8.26. The molecule has 36 heavy (non-hydrogen) atoms. The van der Waals surface area contributed by atoms with Gasteiger partial charge in [0.1, 0.15) is 5.69 Å². The molecule has 1 aromatic carbocycles. The monoisotopic (exact) mass is 531 g/mol. The maximum Gasteiger partial charge on any atom is 0.256 e. The molecule has 7 N–H and O–H groups in total. The van der Waals surface area contributed by atoms with E-state index in [9.17, 15) is 18.7 Å². The van der Waals surface area contributed by atoms with Crippen molar-refractivity contribution in [2.75, 3.05) is 76.5 Å². The molecule has 2 saturated heterocycles. The van der Waals surface area contributed by atoms with Crippen LogP contribution in [0.1, 0.15) is 6.42 Å². The molecule has 2 heterocycles. The number of rotatable bonds is 7. The lowest BCUT2D eigenvalue weighted by atomic mass is 10.2. The number of aliphatic hydroxyl groups is 2. The van der Waals surface area contributed by atoms with Crippen molar-refractivity contribution < 1.29 is 28.5 Å². The molecule has 1 amide bonds. The van der Waals surface area contributed by atoms with Crippen LogP contribution in [0.5, 0.6) is 0 Å². The van der Waals surface area contributed by atoms with Crippen LogP contribution in [0.15, 0.2) is 24.0 Å². The second-order valence-corrected chi connectivity index (χ2v) is 8.63. The van der Waals surface area contributed by atoms with Gasteiger partial charge in [0.05, 0.1) is 32.0 Å². The Bertz CT molecular complexity index is 909. The first-order valence-electron chi connectivity index (χ1n) is 11.4. The number of nitrogens with two attached hydrogens (primary N) is 2. The average molecular weight is 532 g/mol. The van der Waals surface area contributed by atoms with Crippen LogP contribution in [0.3, 0.4) is 0 Å². The minimum absolute atomic E-state index is 0.0473. The summed E-state index contributed by atoms with van der Waals surface area (Å²) in [5, 5.41) is 20.5. The van der Waals surface area contributed by atoms with E-state index in [0.717, 1.165) is 24.3 Å². The van der Waals surface area contributed by atoms with Gasteiger partial charge >= 0.3 is 0 Å². The number of carbonyl (C=O) groups excluding carboxylic acids is 1. The normalized spacial score (nSPS) is 18.4. The molecular weight excluding hydrogens is 496 g/mol. The number of carbonyl (C=O) groups is 1. The molecule has 0 saturated carbocycles. The predicted molar refractivity (Wildman–Crippen MR) is 137 cm³/mol. The van der Waals surface area contributed by atoms with Crippen LogP contribution in [0.25, 0.3) is 0 Å². The first-order valence-corrected chi connectivity index (χ1v) is 11.8. The van der Waals surface area contributed by atoms with Crippen molar-refractivity contribution in [3.63, 3.8) is 0 Å². The van der Waals surface area contributed by atoms with E-state index in [1.165, 1.54) is 13.3 Å².